The number of thiophene rings is 1. The Morgan fingerprint density at radius 1 is 1.45 bits per heavy atom. The molecule has 0 aromatic carbocycles. The molecule has 1 nitrogen and oxygen atoms in total. The quantitative estimate of drug-likeness (QED) is 0.722. The molecule has 0 aliphatic heterocycles. The molecule has 0 aliphatic carbocycles. The van der Waals surface area contributed by atoms with E-state index in [2.05, 4.69) is 4.74 Å². The molecule has 1 aromatic heterocycles. The standard InChI is InChI=1S/C5H2F3IOS/c6-5(7,8)10-3-1-4(9)11-2-3/h1-2H. The topological polar surface area (TPSA) is 9.23 Å². The first-order valence-corrected chi connectivity index (χ1v) is 4.43. The van der Waals surface area contributed by atoms with Gasteiger partial charge in [0.1, 0.15) is 5.75 Å². The second kappa shape index (κ2) is 3.18. The van der Waals surface area contributed by atoms with Crippen LogP contribution in [0.3, 0.4) is 0 Å². The third kappa shape index (κ3) is 3.28. The summed E-state index contributed by atoms with van der Waals surface area (Å²) in [4.78, 5) is 0. The van der Waals surface area contributed by atoms with Gasteiger partial charge in [-0.15, -0.1) is 24.5 Å². The second-order valence-electron chi connectivity index (χ2n) is 1.63. The molecule has 0 atom stereocenters. The Morgan fingerprint density at radius 2 is 2.09 bits per heavy atom. The monoisotopic (exact) mass is 294 g/mol. The van der Waals surface area contributed by atoms with Crippen molar-refractivity contribution in [2.45, 2.75) is 6.36 Å². The van der Waals surface area contributed by atoms with Crippen LogP contribution in [-0.4, -0.2) is 6.36 Å². The SMILES string of the molecule is FC(F)(F)Oc1csc(I)c1. The highest BCUT2D eigenvalue weighted by molar-refractivity contribution is 14.1. The molecular formula is C5H2F3IOS. The van der Waals surface area contributed by atoms with Crippen LogP contribution in [0, 0.1) is 2.88 Å². The van der Waals surface area contributed by atoms with Crippen molar-refractivity contribution in [1.82, 2.24) is 0 Å². The van der Waals surface area contributed by atoms with Crippen LogP contribution in [0.15, 0.2) is 11.4 Å². The Bertz CT molecular complexity index is 244. The van der Waals surface area contributed by atoms with Crippen molar-refractivity contribution in [3.63, 3.8) is 0 Å². The van der Waals surface area contributed by atoms with Crippen LogP contribution in [0.1, 0.15) is 0 Å². The molecule has 0 amide bonds. The molecule has 0 unspecified atom stereocenters. The van der Waals surface area contributed by atoms with Crippen molar-refractivity contribution in [3.05, 3.63) is 14.3 Å². The Hall–Kier alpha value is 0.0200. The summed E-state index contributed by atoms with van der Waals surface area (Å²) in [5.74, 6) is -0.146. The molecule has 1 rings (SSSR count). The van der Waals surface area contributed by atoms with Gasteiger partial charge >= 0.3 is 6.36 Å². The van der Waals surface area contributed by atoms with Gasteiger partial charge in [0.2, 0.25) is 0 Å². The van der Waals surface area contributed by atoms with E-state index in [1.54, 1.807) is 0 Å². The zero-order valence-electron chi connectivity index (χ0n) is 4.98. The molecule has 6 heteroatoms. The van der Waals surface area contributed by atoms with Gasteiger partial charge in [-0.25, -0.2) is 0 Å². The highest BCUT2D eigenvalue weighted by Gasteiger charge is 2.31. The third-order valence-electron chi connectivity index (χ3n) is 0.777. The predicted molar refractivity (Wildman–Crippen MR) is 43.7 cm³/mol. The van der Waals surface area contributed by atoms with Gasteiger partial charge in [-0.3, -0.25) is 0 Å². The first kappa shape index (κ1) is 9.11. The molecule has 0 saturated carbocycles. The van der Waals surface area contributed by atoms with Gasteiger partial charge in [0.05, 0.1) is 2.88 Å². The van der Waals surface area contributed by atoms with Gasteiger partial charge in [-0.1, -0.05) is 0 Å². The normalized spacial score (nSPS) is 11.6. The van der Waals surface area contributed by atoms with Crippen LogP contribution in [-0.2, 0) is 0 Å². The van der Waals surface area contributed by atoms with Gasteiger partial charge in [-0.2, -0.15) is 0 Å². The lowest BCUT2D eigenvalue weighted by atomic mass is 10.6. The average molecular weight is 294 g/mol. The Labute approximate surface area is 78.3 Å². The summed E-state index contributed by atoms with van der Waals surface area (Å²) in [6.07, 6.45) is -4.58. The molecule has 0 aliphatic rings. The third-order valence-corrected chi connectivity index (χ3v) is 2.54. The molecule has 0 saturated heterocycles. The molecular weight excluding hydrogens is 292 g/mol. The Balaban J connectivity index is 2.65. The van der Waals surface area contributed by atoms with Crippen molar-refractivity contribution in [2.24, 2.45) is 0 Å². The van der Waals surface area contributed by atoms with Crippen LogP contribution in [0.5, 0.6) is 5.75 Å². The number of rotatable bonds is 1. The van der Waals surface area contributed by atoms with E-state index < -0.39 is 6.36 Å². The number of ether oxygens (including phenoxy) is 1. The maximum atomic E-state index is 11.5. The average Bonchev–Trinajstić information content (AvgIpc) is 2.10. The van der Waals surface area contributed by atoms with Crippen molar-refractivity contribution < 1.29 is 17.9 Å². The first-order valence-electron chi connectivity index (χ1n) is 2.47. The van der Waals surface area contributed by atoms with E-state index in [0.717, 1.165) is 2.88 Å². The molecule has 0 bridgehead atoms. The maximum Gasteiger partial charge on any atom is 0.573 e. The van der Waals surface area contributed by atoms with Gasteiger partial charge in [0, 0.05) is 11.4 Å². The smallest absolute Gasteiger partial charge is 0.405 e. The summed E-state index contributed by atoms with van der Waals surface area (Å²) in [6.45, 7) is 0. The van der Waals surface area contributed by atoms with Crippen molar-refractivity contribution in [2.75, 3.05) is 0 Å². The number of hydrogen-bond acceptors (Lipinski definition) is 2. The highest BCUT2D eigenvalue weighted by atomic mass is 127. The number of halogens is 4. The fourth-order valence-electron chi connectivity index (χ4n) is 0.481. The minimum atomic E-state index is -4.58. The maximum absolute atomic E-state index is 11.5. The molecule has 0 radical (unpaired) electrons. The van der Waals surface area contributed by atoms with Crippen LogP contribution >= 0.6 is 33.9 Å². The largest absolute Gasteiger partial charge is 0.573 e. The molecule has 0 fully saturated rings. The van der Waals surface area contributed by atoms with Crippen molar-refractivity contribution in [1.29, 1.82) is 0 Å². The van der Waals surface area contributed by atoms with Crippen molar-refractivity contribution >= 4 is 33.9 Å². The minimum absolute atomic E-state index is 0.146. The van der Waals surface area contributed by atoms with Gasteiger partial charge in [0.25, 0.3) is 0 Å². The minimum Gasteiger partial charge on any atom is -0.405 e. The Morgan fingerprint density at radius 3 is 2.45 bits per heavy atom. The summed E-state index contributed by atoms with van der Waals surface area (Å²) in [5.41, 5.74) is 0. The van der Waals surface area contributed by atoms with Crippen LogP contribution in [0.25, 0.3) is 0 Å². The molecule has 62 valence electrons. The zero-order valence-corrected chi connectivity index (χ0v) is 7.96. The lowest BCUT2D eigenvalue weighted by molar-refractivity contribution is -0.274. The van der Waals surface area contributed by atoms with Gasteiger partial charge in [-0.05, 0) is 22.6 Å². The first-order chi connectivity index (χ1) is 4.97. The summed E-state index contributed by atoms with van der Waals surface area (Å²) >= 11 is 3.13. The molecule has 1 aromatic rings. The highest BCUT2D eigenvalue weighted by Crippen LogP contribution is 2.28. The summed E-state index contributed by atoms with van der Waals surface area (Å²) in [5, 5.41) is 1.31. The lowest BCUT2D eigenvalue weighted by Crippen LogP contribution is -2.16. The van der Waals surface area contributed by atoms with E-state index in [1.807, 2.05) is 22.6 Å². The van der Waals surface area contributed by atoms with E-state index in [4.69, 9.17) is 0 Å². The van der Waals surface area contributed by atoms with Crippen LogP contribution < -0.4 is 4.74 Å². The Kier molecular flexibility index (Phi) is 2.63. The number of alkyl halides is 3. The fourth-order valence-corrected chi connectivity index (χ4v) is 1.70. The van der Waals surface area contributed by atoms with E-state index >= 15 is 0 Å². The molecule has 11 heavy (non-hydrogen) atoms. The zero-order chi connectivity index (χ0) is 8.48. The van der Waals surface area contributed by atoms with Crippen LogP contribution in [0.2, 0.25) is 0 Å². The summed E-state index contributed by atoms with van der Waals surface area (Å²) in [6, 6.07) is 1.33. The second-order valence-corrected chi connectivity index (χ2v) is 4.44. The summed E-state index contributed by atoms with van der Waals surface area (Å²) in [7, 11) is 0. The molecule has 0 N–H and O–H groups in total. The van der Waals surface area contributed by atoms with Crippen LogP contribution in [0.4, 0.5) is 13.2 Å². The molecule has 0 spiro atoms. The fraction of sp³-hybridized carbons (Fsp3) is 0.200. The van der Waals surface area contributed by atoms with E-state index in [1.165, 1.54) is 22.8 Å². The van der Waals surface area contributed by atoms with Gasteiger partial charge < -0.3 is 4.74 Å². The molecule has 1 heterocycles. The van der Waals surface area contributed by atoms with E-state index in [0.29, 0.717) is 0 Å². The number of hydrogen-bond donors (Lipinski definition) is 0. The van der Waals surface area contributed by atoms with Crippen molar-refractivity contribution in [3.8, 4) is 5.75 Å². The van der Waals surface area contributed by atoms with E-state index in [-0.39, 0.29) is 5.75 Å². The van der Waals surface area contributed by atoms with Gasteiger partial charge in [0.15, 0.2) is 0 Å². The summed E-state index contributed by atoms with van der Waals surface area (Å²) < 4.78 is 39.0. The van der Waals surface area contributed by atoms with E-state index in [9.17, 15) is 13.2 Å². The lowest BCUT2D eigenvalue weighted by Gasteiger charge is -2.04. The predicted octanol–water partition coefficient (Wildman–Crippen LogP) is 3.25.